The molecule has 0 radical (unpaired) electrons. The summed E-state index contributed by atoms with van der Waals surface area (Å²) in [4.78, 5) is 25.9. The molecule has 3 aromatic rings. The predicted molar refractivity (Wildman–Crippen MR) is 63.8 cm³/mol. The molecule has 0 fully saturated rings. The van der Waals surface area contributed by atoms with E-state index in [-0.39, 0.29) is 5.56 Å². The number of nitrogens with one attached hydrogen (secondary N) is 2. The maximum Gasteiger partial charge on any atom is 0.258 e. The maximum absolute atomic E-state index is 11.8. The van der Waals surface area contributed by atoms with Crippen LogP contribution in [0.25, 0.3) is 10.9 Å². The number of fused-ring (bicyclic) bond motifs is 1. The Hall–Kier alpha value is -2.43. The molecule has 0 saturated carbocycles. The lowest BCUT2D eigenvalue weighted by molar-refractivity contribution is 0.949. The van der Waals surface area contributed by atoms with Gasteiger partial charge in [0.15, 0.2) is 0 Å². The lowest BCUT2D eigenvalue weighted by Crippen LogP contribution is -2.12. The van der Waals surface area contributed by atoms with Gasteiger partial charge in [-0.15, -0.1) is 0 Å². The van der Waals surface area contributed by atoms with Crippen molar-refractivity contribution in [2.45, 2.75) is 6.42 Å². The Bertz CT molecular complexity index is 700. The second kappa shape index (κ2) is 3.86. The zero-order valence-electron chi connectivity index (χ0n) is 8.97. The number of aromatic nitrogens is 4. The van der Waals surface area contributed by atoms with Crippen LogP contribution in [0.5, 0.6) is 0 Å². The van der Waals surface area contributed by atoms with Gasteiger partial charge in [-0.2, -0.15) is 0 Å². The van der Waals surface area contributed by atoms with Crippen LogP contribution in [-0.2, 0) is 6.42 Å². The molecule has 1 aromatic carbocycles. The Labute approximate surface area is 96.6 Å². The van der Waals surface area contributed by atoms with E-state index in [1.165, 1.54) is 0 Å². The molecular formula is C12H10N4O. The molecule has 3 rings (SSSR count). The van der Waals surface area contributed by atoms with Gasteiger partial charge < -0.3 is 9.97 Å². The molecule has 2 aromatic heterocycles. The first-order valence-electron chi connectivity index (χ1n) is 5.28. The van der Waals surface area contributed by atoms with Crippen LogP contribution in [0.1, 0.15) is 11.5 Å². The van der Waals surface area contributed by atoms with Crippen molar-refractivity contribution in [2.75, 3.05) is 0 Å². The maximum atomic E-state index is 11.8. The van der Waals surface area contributed by atoms with E-state index in [9.17, 15) is 4.79 Å². The molecule has 5 nitrogen and oxygen atoms in total. The van der Waals surface area contributed by atoms with Crippen LogP contribution >= 0.6 is 0 Å². The number of aromatic amines is 2. The van der Waals surface area contributed by atoms with Gasteiger partial charge in [-0.25, -0.2) is 9.97 Å². The van der Waals surface area contributed by atoms with Gasteiger partial charge in [0.1, 0.15) is 5.82 Å². The number of nitrogens with zero attached hydrogens (tertiary/aromatic N) is 2. The van der Waals surface area contributed by atoms with Crippen molar-refractivity contribution in [3.05, 3.63) is 58.7 Å². The molecule has 0 saturated heterocycles. The number of imidazole rings is 1. The Morgan fingerprint density at radius 1 is 1.24 bits per heavy atom. The van der Waals surface area contributed by atoms with E-state index in [4.69, 9.17) is 0 Å². The van der Waals surface area contributed by atoms with Gasteiger partial charge in [-0.1, -0.05) is 12.1 Å². The molecule has 0 aliphatic heterocycles. The first kappa shape index (κ1) is 9.77. The summed E-state index contributed by atoms with van der Waals surface area (Å²) in [6.07, 6.45) is 3.86. The summed E-state index contributed by atoms with van der Waals surface area (Å²) in [5.74, 6) is 0.637. The molecule has 5 heteroatoms. The van der Waals surface area contributed by atoms with Crippen LogP contribution in [0, 0.1) is 0 Å². The average Bonchev–Trinajstić information content (AvgIpc) is 2.82. The number of H-pyrrole nitrogens is 2. The lowest BCUT2D eigenvalue weighted by atomic mass is 10.2. The number of hydrogen-bond acceptors (Lipinski definition) is 3. The third-order valence-corrected chi connectivity index (χ3v) is 2.57. The minimum Gasteiger partial charge on any atom is -0.348 e. The minimum atomic E-state index is -0.106. The Morgan fingerprint density at radius 2 is 2.12 bits per heavy atom. The summed E-state index contributed by atoms with van der Waals surface area (Å²) in [5.41, 5.74) is 1.53. The predicted octanol–water partition coefficient (Wildman–Crippen LogP) is 1.24. The Balaban J connectivity index is 2.10. The van der Waals surface area contributed by atoms with Crippen molar-refractivity contribution in [2.24, 2.45) is 0 Å². The van der Waals surface area contributed by atoms with Crippen LogP contribution in [0.15, 0.2) is 41.6 Å². The molecule has 0 aliphatic rings. The highest BCUT2D eigenvalue weighted by Gasteiger charge is 2.04. The zero-order chi connectivity index (χ0) is 11.7. The van der Waals surface area contributed by atoms with E-state index >= 15 is 0 Å². The largest absolute Gasteiger partial charge is 0.348 e. The molecule has 0 aliphatic carbocycles. The summed E-state index contributed by atoms with van der Waals surface area (Å²) in [6.45, 7) is 0. The summed E-state index contributed by atoms with van der Waals surface area (Å²) in [7, 11) is 0. The van der Waals surface area contributed by atoms with Crippen LogP contribution in [-0.4, -0.2) is 19.9 Å². The second-order valence-electron chi connectivity index (χ2n) is 3.78. The van der Waals surface area contributed by atoms with E-state index in [1.807, 2.05) is 18.2 Å². The van der Waals surface area contributed by atoms with Crippen molar-refractivity contribution >= 4 is 10.9 Å². The van der Waals surface area contributed by atoms with Crippen molar-refractivity contribution in [3.8, 4) is 0 Å². The van der Waals surface area contributed by atoms with E-state index < -0.39 is 0 Å². The molecule has 0 amide bonds. The quantitative estimate of drug-likeness (QED) is 0.690. The normalized spacial score (nSPS) is 10.8. The van der Waals surface area contributed by atoms with Gasteiger partial charge in [-0.05, 0) is 12.1 Å². The fourth-order valence-corrected chi connectivity index (χ4v) is 1.78. The molecule has 2 heterocycles. The van der Waals surface area contributed by atoms with Gasteiger partial charge in [0.2, 0.25) is 0 Å². The molecule has 0 unspecified atom stereocenters. The molecule has 0 spiro atoms. The SMILES string of the molecule is O=c1[nH]c(Cc2cnc[nH]2)nc2ccccc12. The Kier molecular flexibility index (Phi) is 2.22. The minimum absolute atomic E-state index is 0.106. The lowest BCUT2D eigenvalue weighted by Gasteiger charge is -2.01. The van der Waals surface area contributed by atoms with Gasteiger partial charge in [0.25, 0.3) is 5.56 Å². The topological polar surface area (TPSA) is 74.4 Å². The summed E-state index contributed by atoms with van der Waals surface area (Å²) in [5, 5.41) is 0.612. The molecule has 0 bridgehead atoms. The van der Waals surface area contributed by atoms with Gasteiger partial charge >= 0.3 is 0 Å². The first-order chi connectivity index (χ1) is 8.33. The third-order valence-electron chi connectivity index (χ3n) is 2.57. The average molecular weight is 226 g/mol. The van der Waals surface area contributed by atoms with E-state index in [0.29, 0.717) is 23.1 Å². The van der Waals surface area contributed by atoms with Crippen molar-refractivity contribution in [3.63, 3.8) is 0 Å². The van der Waals surface area contributed by atoms with E-state index in [0.717, 1.165) is 5.69 Å². The van der Waals surface area contributed by atoms with Crippen LogP contribution in [0.2, 0.25) is 0 Å². The van der Waals surface area contributed by atoms with Crippen LogP contribution in [0.3, 0.4) is 0 Å². The van der Waals surface area contributed by atoms with Crippen molar-refractivity contribution in [1.29, 1.82) is 0 Å². The number of benzene rings is 1. The smallest absolute Gasteiger partial charge is 0.258 e. The zero-order valence-corrected chi connectivity index (χ0v) is 8.97. The monoisotopic (exact) mass is 226 g/mol. The van der Waals surface area contributed by atoms with Gasteiger partial charge in [0, 0.05) is 18.3 Å². The third kappa shape index (κ3) is 1.82. The van der Waals surface area contributed by atoms with Crippen molar-refractivity contribution < 1.29 is 0 Å². The summed E-state index contributed by atoms with van der Waals surface area (Å²) >= 11 is 0. The number of rotatable bonds is 2. The number of hydrogen-bond donors (Lipinski definition) is 2. The fourth-order valence-electron chi connectivity index (χ4n) is 1.78. The molecule has 17 heavy (non-hydrogen) atoms. The molecular weight excluding hydrogens is 216 g/mol. The standard InChI is InChI=1S/C12H10N4O/c17-12-9-3-1-2-4-10(9)15-11(16-12)5-8-6-13-7-14-8/h1-4,6-7H,5H2,(H,13,14)(H,15,16,17). The van der Waals surface area contributed by atoms with Crippen molar-refractivity contribution in [1.82, 2.24) is 19.9 Å². The Morgan fingerprint density at radius 3 is 2.94 bits per heavy atom. The number of para-hydroxylation sites is 1. The first-order valence-corrected chi connectivity index (χ1v) is 5.28. The molecule has 0 atom stereocenters. The molecule has 2 N–H and O–H groups in total. The van der Waals surface area contributed by atoms with Crippen LogP contribution < -0.4 is 5.56 Å². The van der Waals surface area contributed by atoms with E-state index in [2.05, 4.69) is 19.9 Å². The highest BCUT2D eigenvalue weighted by Crippen LogP contribution is 2.07. The van der Waals surface area contributed by atoms with Gasteiger partial charge in [0.05, 0.1) is 17.2 Å². The fraction of sp³-hybridized carbons (Fsp3) is 0.0833. The van der Waals surface area contributed by atoms with Gasteiger partial charge in [-0.3, -0.25) is 4.79 Å². The summed E-state index contributed by atoms with van der Waals surface area (Å²) < 4.78 is 0. The highest BCUT2D eigenvalue weighted by molar-refractivity contribution is 5.77. The highest BCUT2D eigenvalue weighted by atomic mass is 16.1. The van der Waals surface area contributed by atoms with Crippen LogP contribution in [0.4, 0.5) is 0 Å². The second-order valence-corrected chi connectivity index (χ2v) is 3.78. The van der Waals surface area contributed by atoms with E-state index in [1.54, 1.807) is 18.6 Å². The molecule has 84 valence electrons. The summed E-state index contributed by atoms with van der Waals surface area (Å²) in [6, 6.07) is 7.30.